The molecule has 29 heavy (non-hydrogen) atoms. The summed E-state index contributed by atoms with van der Waals surface area (Å²) >= 11 is 3.42. The fraction of sp³-hybridized carbons (Fsp3) is 0.182. The van der Waals surface area contributed by atoms with Crippen LogP contribution in [0.3, 0.4) is 0 Å². The van der Waals surface area contributed by atoms with Gasteiger partial charge < -0.3 is 9.47 Å². The first-order chi connectivity index (χ1) is 13.8. The van der Waals surface area contributed by atoms with E-state index in [1.54, 1.807) is 50.6 Å². The van der Waals surface area contributed by atoms with Crippen LogP contribution in [-0.4, -0.2) is 22.6 Å². The molecular formula is C22H22BrNO4S. The quantitative estimate of drug-likeness (QED) is 0.530. The molecule has 1 atom stereocenters. The Hall–Kier alpha value is -2.35. The molecule has 152 valence electrons. The van der Waals surface area contributed by atoms with Crippen molar-refractivity contribution in [2.75, 3.05) is 14.2 Å². The zero-order chi connectivity index (χ0) is 21.0. The fourth-order valence-corrected chi connectivity index (χ4v) is 4.43. The number of hydrogen-bond donors (Lipinski definition) is 1. The smallest absolute Gasteiger partial charge is 0.241 e. The van der Waals surface area contributed by atoms with E-state index in [0.29, 0.717) is 17.1 Å². The molecule has 1 unspecified atom stereocenters. The normalized spacial score (nSPS) is 12.4. The van der Waals surface area contributed by atoms with E-state index in [1.165, 1.54) is 0 Å². The van der Waals surface area contributed by atoms with Gasteiger partial charge in [0.1, 0.15) is 11.5 Å². The molecule has 0 saturated heterocycles. The Bertz CT molecular complexity index is 1080. The van der Waals surface area contributed by atoms with E-state index in [-0.39, 0.29) is 4.90 Å². The lowest BCUT2D eigenvalue weighted by Crippen LogP contribution is -2.29. The Balaban J connectivity index is 2.09. The van der Waals surface area contributed by atoms with Crippen molar-refractivity contribution in [3.05, 3.63) is 87.9 Å². The minimum Gasteiger partial charge on any atom is -0.497 e. The molecule has 0 heterocycles. The van der Waals surface area contributed by atoms with E-state index in [9.17, 15) is 8.42 Å². The van der Waals surface area contributed by atoms with Crippen LogP contribution in [0.25, 0.3) is 0 Å². The molecule has 0 aromatic heterocycles. The molecule has 1 N–H and O–H groups in total. The second-order valence-electron chi connectivity index (χ2n) is 6.53. The number of halogens is 1. The zero-order valence-corrected chi connectivity index (χ0v) is 18.7. The van der Waals surface area contributed by atoms with Gasteiger partial charge in [-0.2, -0.15) is 4.72 Å². The van der Waals surface area contributed by atoms with E-state index < -0.39 is 16.1 Å². The summed E-state index contributed by atoms with van der Waals surface area (Å²) in [6.45, 7) is 1.91. The minimum absolute atomic E-state index is 0.206. The maximum Gasteiger partial charge on any atom is 0.241 e. The molecule has 0 spiro atoms. The van der Waals surface area contributed by atoms with Crippen molar-refractivity contribution in [3.63, 3.8) is 0 Å². The average Bonchev–Trinajstić information content (AvgIpc) is 2.72. The third-order valence-corrected chi connectivity index (χ3v) is 6.53. The molecule has 0 amide bonds. The van der Waals surface area contributed by atoms with Crippen LogP contribution in [0.1, 0.15) is 22.7 Å². The number of sulfonamides is 1. The molecule has 7 heteroatoms. The highest BCUT2D eigenvalue weighted by molar-refractivity contribution is 9.10. The van der Waals surface area contributed by atoms with E-state index in [4.69, 9.17) is 9.47 Å². The molecule has 0 fully saturated rings. The van der Waals surface area contributed by atoms with Gasteiger partial charge in [0.25, 0.3) is 0 Å². The summed E-state index contributed by atoms with van der Waals surface area (Å²) in [5, 5.41) is 0. The lowest BCUT2D eigenvalue weighted by atomic mass is 9.98. The molecular weight excluding hydrogens is 454 g/mol. The Kier molecular flexibility index (Phi) is 6.62. The molecule has 3 rings (SSSR count). The van der Waals surface area contributed by atoms with E-state index in [1.807, 2.05) is 37.3 Å². The third kappa shape index (κ3) is 4.98. The highest BCUT2D eigenvalue weighted by Gasteiger charge is 2.25. The summed E-state index contributed by atoms with van der Waals surface area (Å²) in [6, 6.07) is 18.9. The third-order valence-electron chi connectivity index (χ3n) is 4.56. The summed E-state index contributed by atoms with van der Waals surface area (Å²) in [6.07, 6.45) is 0. The minimum atomic E-state index is -3.77. The largest absolute Gasteiger partial charge is 0.497 e. The van der Waals surface area contributed by atoms with Gasteiger partial charge in [0, 0.05) is 16.1 Å². The predicted molar refractivity (Wildman–Crippen MR) is 117 cm³/mol. The number of hydrogen-bond acceptors (Lipinski definition) is 4. The van der Waals surface area contributed by atoms with Crippen molar-refractivity contribution in [1.29, 1.82) is 0 Å². The highest BCUT2D eigenvalue weighted by atomic mass is 79.9. The van der Waals surface area contributed by atoms with Gasteiger partial charge in [-0.15, -0.1) is 0 Å². The van der Waals surface area contributed by atoms with Crippen LogP contribution in [0.15, 0.2) is 76.1 Å². The van der Waals surface area contributed by atoms with E-state index in [0.717, 1.165) is 15.6 Å². The Morgan fingerprint density at radius 3 is 2.14 bits per heavy atom. The topological polar surface area (TPSA) is 64.6 Å². The van der Waals surface area contributed by atoms with Crippen molar-refractivity contribution >= 4 is 26.0 Å². The second kappa shape index (κ2) is 8.98. The van der Waals surface area contributed by atoms with Gasteiger partial charge in [-0.1, -0.05) is 45.8 Å². The van der Waals surface area contributed by atoms with Gasteiger partial charge >= 0.3 is 0 Å². The predicted octanol–water partition coefficient (Wildman–Crippen LogP) is 4.84. The van der Waals surface area contributed by atoms with Crippen LogP contribution in [0, 0.1) is 6.92 Å². The molecule has 0 aliphatic carbocycles. The number of methoxy groups -OCH3 is 2. The summed E-state index contributed by atoms with van der Waals surface area (Å²) in [5.74, 6) is 1.16. The van der Waals surface area contributed by atoms with Gasteiger partial charge in [-0.25, -0.2) is 8.42 Å². The Morgan fingerprint density at radius 2 is 1.55 bits per heavy atom. The van der Waals surface area contributed by atoms with Gasteiger partial charge in [0.05, 0.1) is 25.2 Å². The van der Waals surface area contributed by atoms with E-state index in [2.05, 4.69) is 20.7 Å². The van der Waals surface area contributed by atoms with Crippen molar-refractivity contribution in [1.82, 2.24) is 4.72 Å². The molecule has 0 aliphatic heterocycles. The summed E-state index contributed by atoms with van der Waals surface area (Å²) in [4.78, 5) is 0.206. The monoisotopic (exact) mass is 475 g/mol. The number of ether oxygens (including phenoxy) is 2. The molecule has 3 aromatic carbocycles. The molecule has 3 aromatic rings. The summed E-state index contributed by atoms with van der Waals surface area (Å²) in [5.41, 5.74) is 2.46. The maximum atomic E-state index is 13.1. The van der Waals surface area contributed by atoms with Crippen LogP contribution in [0.4, 0.5) is 0 Å². The maximum absolute atomic E-state index is 13.1. The highest BCUT2D eigenvalue weighted by Crippen LogP contribution is 2.34. The summed E-state index contributed by atoms with van der Waals surface area (Å²) < 4.78 is 40.7. The number of aryl methyl sites for hydroxylation is 1. The van der Waals surface area contributed by atoms with Crippen LogP contribution in [0.2, 0.25) is 0 Å². The van der Waals surface area contributed by atoms with Crippen LogP contribution in [0.5, 0.6) is 11.5 Å². The molecule has 0 radical (unpaired) electrons. The number of nitrogens with one attached hydrogen (secondary N) is 1. The molecule has 0 bridgehead atoms. The van der Waals surface area contributed by atoms with E-state index >= 15 is 0 Å². The standard InChI is InChI=1S/C22H22BrNO4S/c1-15-4-11-19(12-5-15)29(25,26)24-22(16-6-8-17(23)9-7-16)20-13-10-18(27-2)14-21(20)28-3/h4-14,22,24H,1-3H3. The number of benzene rings is 3. The lowest BCUT2D eigenvalue weighted by molar-refractivity contribution is 0.389. The first kappa shape index (κ1) is 21.4. The fourth-order valence-electron chi connectivity index (χ4n) is 2.96. The van der Waals surface area contributed by atoms with Gasteiger partial charge in [-0.05, 0) is 48.9 Å². The Morgan fingerprint density at radius 1 is 0.897 bits per heavy atom. The first-order valence-corrected chi connectivity index (χ1v) is 11.2. The Labute approximate surface area is 179 Å². The molecule has 5 nitrogen and oxygen atoms in total. The van der Waals surface area contributed by atoms with Crippen molar-refractivity contribution < 1.29 is 17.9 Å². The van der Waals surface area contributed by atoms with Crippen molar-refractivity contribution in [2.45, 2.75) is 17.9 Å². The second-order valence-corrected chi connectivity index (χ2v) is 9.16. The van der Waals surface area contributed by atoms with Crippen LogP contribution in [-0.2, 0) is 10.0 Å². The van der Waals surface area contributed by atoms with Crippen molar-refractivity contribution in [3.8, 4) is 11.5 Å². The summed E-state index contributed by atoms with van der Waals surface area (Å²) in [7, 11) is -0.655. The van der Waals surface area contributed by atoms with Gasteiger partial charge in [0.2, 0.25) is 10.0 Å². The van der Waals surface area contributed by atoms with Crippen molar-refractivity contribution in [2.24, 2.45) is 0 Å². The molecule has 0 aliphatic rings. The SMILES string of the molecule is COc1ccc(C(NS(=O)(=O)c2ccc(C)cc2)c2ccc(Br)cc2)c(OC)c1. The van der Waals surface area contributed by atoms with Gasteiger partial charge in [0.15, 0.2) is 0 Å². The lowest BCUT2D eigenvalue weighted by Gasteiger charge is -2.22. The van der Waals surface area contributed by atoms with Crippen LogP contribution < -0.4 is 14.2 Å². The average molecular weight is 476 g/mol. The molecule has 0 saturated carbocycles. The van der Waals surface area contributed by atoms with Crippen LogP contribution >= 0.6 is 15.9 Å². The number of rotatable bonds is 7. The first-order valence-electron chi connectivity index (χ1n) is 8.90. The van der Waals surface area contributed by atoms with Gasteiger partial charge in [-0.3, -0.25) is 0 Å². The zero-order valence-electron chi connectivity index (χ0n) is 16.3.